The van der Waals surface area contributed by atoms with Crippen LogP contribution >= 0.6 is 11.6 Å². The number of aliphatic hydroxyl groups is 1. The van der Waals surface area contributed by atoms with Crippen LogP contribution in [0.5, 0.6) is 11.5 Å². The molecule has 2 amide bonds. The van der Waals surface area contributed by atoms with E-state index in [0.717, 1.165) is 54.7 Å². The lowest BCUT2D eigenvalue weighted by Gasteiger charge is -2.43. The standard InChI is InChI=1S/C50H52ClN5O7/c51-42-13-5-4-10-38(42)30-56(25-7-24-52-29-44(58)40-18-20-43(57)48-41(40)19-21-46(59)53-48)49(60)36-16-14-33(15-17-36)32-62-39-12-6-11-37(28-39)47(35-8-2-1-3-9-35)54-50(61)63-45-31-55-26-22-34(45)23-27-55/h1-6,8-21,28,34,44-45,47,52,57-58H,7,22-27,29-32H2,(H,53,59)(H,54,61). The van der Waals surface area contributed by atoms with Crippen molar-refractivity contribution in [1.29, 1.82) is 0 Å². The summed E-state index contributed by atoms with van der Waals surface area (Å²) in [6, 6.07) is 38.0. The molecule has 3 atom stereocenters. The van der Waals surface area contributed by atoms with Crippen LogP contribution in [-0.2, 0) is 17.9 Å². The number of rotatable bonds is 17. The van der Waals surface area contributed by atoms with Crippen LogP contribution in [-0.4, -0.2) is 82.4 Å². The number of phenols is 1. The van der Waals surface area contributed by atoms with E-state index >= 15 is 0 Å². The summed E-state index contributed by atoms with van der Waals surface area (Å²) in [6.07, 6.45) is 1.29. The summed E-state index contributed by atoms with van der Waals surface area (Å²) in [5.41, 5.74) is 4.53. The first-order valence-electron chi connectivity index (χ1n) is 21.5. The minimum absolute atomic E-state index is 0.0683. The van der Waals surface area contributed by atoms with Crippen molar-refractivity contribution in [2.24, 2.45) is 5.92 Å². The van der Waals surface area contributed by atoms with E-state index in [2.05, 4.69) is 20.5 Å². The number of carbonyl (C=O) groups is 2. The number of nitrogens with zero attached hydrogens (tertiary/aromatic N) is 2. The molecule has 9 rings (SSSR count). The third-order valence-electron chi connectivity index (χ3n) is 12.0. The van der Waals surface area contributed by atoms with E-state index in [-0.39, 0.29) is 42.0 Å². The van der Waals surface area contributed by atoms with Gasteiger partial charge in [-0.25, -0.2) is 4.79 Å². The molecule has 3 unspecified atom stereocenters. The number of aromatic amines is 1. The summed E-state index contributed by atoms with van der Waals surface area (Å²) in [4.78, 5) is 45.9. The molecule has 3 aliphatic heterocycles. The van der Waals surface area contributed by atoms with Gasteiger partial charge in [-0.05, 0) is 115 Å². The Morgan fingerprint density at radius 2 is 1.65 bits per heavy atom. The zero-order valence-electron chi connectivity index (χ0n) is 34.9. The third kappa shape index (κ3) is 10.9. The van der Waals surface area contributed by atoms with E-state index in [9.17, 15) is 24.6 Å². The Balaban J connectivity index is 0.880. The van der Waals surface area contributed by atoms with Crippen LogP contribution in [0.25, 0.3) is 10.9 Å². The fraction of sp³-hybridized carbons (Fsp3) is 0.300. The molecule has 13 heteroatoms. The van der Waals surface area contributed by atoms with Gasteiger partial charge in [0.15, 0.2) is 0 Å². The fourth-order valence-electron chi connectivity index (χ4n) is 8.59. The van der Waals surface area contributed by atoms with Gasteiger partial charge in [0, 0.05) is 48.2 Å². The maximum absolute atomic E-state index is 14.0. The Kier molecular flexibility index (Phi) is 14.0. The van der Waals surface area contributed by atoms with Crippen molar-refractivity contribution in [1.82, 2.24) is 25.4 Å². The van der Waals surface area contributed by atoms with E-state index in [1.165, 1.54) is 12.1 Å². The highest BCUT2D eigenvalue weighted by molar-refractivity contribution is 6.31. The van der Waals surface area contributed by atoms with Gasteiger partial charge in [-0.1, -0.05) is 90.5 Å². The third-order valence-corrected chi connectivity index (χ3v) is 12.4. The van der Waals surface area contributed by atoms with E-state index in [1.807, 2.05) is 84.9 Å². The Morgan fingerprint density at radius 1 is 0.889 bits per heavy atom. The van der Waals surface area contributed by atoms with Crippen molar-refractivity contribution in [2.75, 3.05) is 39.3 Å². The van der Waals surface area contributed by atoms with Crippen molar-refractivity contribution in [3.05, 3.63) is 176 Å². The first kappa shape index (κ1) is 43.5. The predicted molar refractivity (Wildman–Crippen MR) is 243 cm³/mol. The largest absolute Gasteiger partial charge is 0.506 e. The van der Waals surface area contributed by atoms with E-state index in [0.29, 0.717) is 59.3 Å². The Labute approximate surface area is 371 Å². The number of phenolic OH excluding ortho intramolecular Hbond substituents is 1. The fourth-order valence-corrected chi connectivity index (χ4v) is 8.79. The van der Waals surface area contributed by atoms with E-state index in [4.69, 9.17) is 21.1 Å². The molecule has 0 radical (unpaired) electrons. The van der Waals surface area contributed by atoms with Crippen molar-refractivity contribution in [3.63, 3.8) is 0 Å². The molecular weight excluding hydrogens is 818 g/mol. The predicted octanol–water partition coefficient (Wildman–Crippen LogP) is 7.73. The quantitative estimate of drug-likeness (QED) is 0.0579. The number of halogens is 1. The Morgan fingerprint density at radius 3 is 2.41 bits per heavy atom. The highest BCUT2D eigenvalue weighted by Gasteiger charge is 2.37. The van der Waals surface area contributed by atoms with Gasteiger partial charge < -0.3 is 40.2 Å². The molecule has 5 aromatic carbocycles. The SMILES string of the molecule is O=C(NC(c1ccccc1)c1cccc(OCc2ccc(C(=O)N(CCCNCC(O)c3ccc(O)c4[nH]c(=O)ccc34)Cc3ccccc3Cl)cc2)c1)OC1CN2CCC1CC2. The van der Waals surface area contributed by atoms with Gasteiger partial charge in [-0.3, -0.25) is 14.5 Å². The van der Waals surface area contributed by atoms with Gasteiger partial charge >= 0.3 is 6.09 Å². The van der Waals surface area contributed by atoms with Gasteiger partial charge in [0.2, 0.25) is 5.56 Å². The number of aliphatic hydroxyl groups excluding tert-OH is 1. The number of aromatic nitrogens is 1. The summed E-state index contributed by atoms with van der Waals surface area (Å²) < 4.78 is 12.3. The zero-order valence-corrected chi connectivity index (χ0v) is 35.7. The number of fused-ring (bicyclic) bond motifs is 4. The van der Waals surface area contributed by atoms with Gasteiger partial charge in [-0.2, -0.15) is 0 Å². The second-order valence-electron chi connectivity index (χ2n) is 16.3. The summed E-state index contributed by atoms with van der Waals surface area (Å²) in [7, 11) is 0. The number of hydrogen-bond acceptors (Lipinski definition) is 9. The molecule has 0 saturated carbocycles. The Bertz CT molecular complexity index is 2560. The van der Waals surface area contributed by atoms with Crippen LogP contribution in [0.4, 0.5) is 4.79 Å². The summed E-state index contributed by atoms with van der Waals surface area (Å²) >= 11 is 6.54. The number of pyridine rings is 1. The van der Waals surface area contributed by atoms with Crippen LogP contribution < -0.4 is 20.9 Å². The van der Waals surface area contributed by atoms with Crippen LogP contribution in [0.15, 0.2) is 132 Å². The monoisotopic (exact) mass is 869 g/mol. The second-order valence-corrected chi connectivity index (χ2v) is 16.7. The summed E-state index contributed by atoms with van der Waals surface area (Å²) in [5.74, 6) is 0.832. The number of ether oxygens (including phenoxy) is 2. The molecule has 1 aromatic heterocycles. The Hall–Kier alpha value is -6.18. The number of alkyl carbamates (subject to hydrolysis) is 1. The first-order chi connectivity index (χ1) is 30.7. The normalized spacial score (nSPS) is 17.8. The lowest BCUT2D eigenvalue weighted by Crippen LogP contribution is -2.52. The average Bonchev–Trinajstić information content (AvgIpc) is 3.31. The minimum Gasteiger partial charge on any atom is -0.506 e. The first-order valence-corrected chi connectivity index (χ1v) is 21.9. The van der Waals surface area contributed by atoms with Crippen molar-refractivity contribution >= 4 is 34.5 Å². The van der Waals surface area contributed by atoms with Crippen molar-refractivity contribution < 1.29 is 29.3 Å². The lowest BCUT2D eigenvalue weighted by molar-refractivity contribution is -0.0336. The van der Waals surface area contributed by atoms with Gasteiger partial charge in [0.1, 0.15) is 24.2 Å². The maximum atomic E-state index is 14.0. The average molecular weight is 870 g/mol. The molecular formula is C50H52ClN5O7. The number of aromatic hydroxyl groups is 1. The van der Waals surface area contributed by atoms with Gasteiger partial charge in [0.25, 0.3) is 5.91 Å². The highest BCUT2D eigenvalue weighted by atomic mass is 35.5. The number of hydrogen-bond donors (Lipinski definition) is 5. The smallest absolute Gasteiger partial charge is 0.408 e. The minimum atomic E-state index is -0.898. The number of nitrogens with one attached hydrogen (secondary N) is 3. The number of amides is 2. The summed E-state index contributed by atoms with van der Waals surface area (Å²) in [6.45, 7) is 4.67. The van der Waals surface area contributed by atoms with Crippen LogP contribution in [0, 0.1) is 5.92 Å². The molecule has 3 fully saturated rings. The molecule has 12 nitrogen and oxygen atoms in total. The zero-order chi connectivity index (χ0) is 43.7. The van der Waals surface area contributed by atoms with Gasteiger partial charge in [0.05, 0.1) is 17.7 Å². The number of piperidine rings is 3. The molecule has 2 bridgehead atoms. The summed E-state index contributed by atoms with van der Waals surface area (Å²) in [5, 5.41) is 28.8. The maximum Gasteiger partial charge on any atom is 0.408 e. The molecule has 63 heavy (non-hydrogen) atoms. The number of benzene rings is 5. The van der Waals surface area contributed by atoms with Crippen LogP contribution in [0.1, 0.15) is 69.6 Å². The van der Waals surface area contributed by atoms with Gasteiger partial charge in [-0.15, -0.1) is 0 Å². The van der Waals surface area contributed by atoms with Crippen molar-refractivity contribution in [2.45, 2.75) is 50.7 Å². The lowest BCUT2D eigenvalue weighted by atomic mass is 9.86. The number of carbonyl (C=O) groups excluding carboxylic acids is 2. The molecule has 6 aromatic rings. The molecule has 326 valence electrons. The van der Waals surface area contributed by atoms with E-state index in [1.54, 1.807) is 35.2 Å². The molecule has 4 heterocycles. The second kappa shape index (κ2) is 20.3. The molecule has 0 spiro atoms. The van der Waals surface area contributed by atoms with Crippen LogP contribution in [0.3, 0.4) is 0 Å². The topological polar surface area (TPSA) is 156 Å². The van der Waals surface area contributed by atoms with Crippen molar-refractivity contribution in [3.8, 4) is 11.5 Å². The van der Waals surface area contributed by atoms with E-state index < -0.39 is 18.2 Å². The number of H-pyrrole nitrogens is 1. The molecule has 3 saturated heterocycles. The highest BCUT2D eigenvalue weighted by Crippen LogP contribution is 2.32. The molecule has 0 aliphatic carbocycles. The molecule has 3 aliphatic rings. The molecule has 5 N–H and O–H groups in total. The van der Waals surface area contributed by atoms with Crippen LogP contribution in [0.2, 0.25) is 5.02 Å².